The molecular weight excluding hydrogens is 729 g/mol. The van der Waals surface area contributed by atoms with E-state index in [0.29, 0.717) is 0 Å². The summed E-state index contributed by atoms with van der Waals surface area (Å²) >= 11 is 0. The molecule has 0 radical (unpaired) electrons. The zero-order valence-electron chi connectivity index (χ0n) is 39.6. The van der Waals surface area contributed by atoms with Crippen molar-refractivity contribution in [3.8, 4) is 0 Å². The van der Waals surface area contributed by atoms with Gasteiger partial charge < -0.3 is 0 Å². The molecule has 0 aliphatic heterocycles. The molecule has 0 aliphatic rings. The second-order valence-electron chi connectivity index (χ2n) is 18.8. The summed E-state index contributed by atoms with van der Waals surface area (Å²) < 4.78 is 0. The van der Waals surface area contributed by atoms with Crippen molar-refractivity contribution < 1.29 is 39.2 Å². The summed E-state index contributed by atoms with van der Waals surface area (Å²) in [5, 5.41) is 9.24. The van der Waals surface area contributed by atoms with Crippen LogP contribution in [0.3, 0.4) is 0 Å². The second-order valence-corrected chi connectivity index (χ2v) is 18.8. The van der Waals surface area contributed by atoms with Crippen molar-refractivity contribution in [1.29, 1.82) is 0 Å². The average Bonchev–Trinajstić information content (AvgIpc) is 3.19. The van der Waals surface area contributed by atoms with Crippen molar-refractivity contribution in [1.82, 2.24) is 0 Å². The molecule has 0 N–H and O–H groups in total. The van der Waals surface area contributed by atoms with Crippen LogP contribution < -0.4 is 0 Å². The summed E-state index contributed by atoms with van der Waals surface area (Å²) in [6, 6.07) is 0. The van der Waals surface area contributed by atoms with Crippen LogP contribution in [0.15, 0.2) is 0 Å². The Kier molecular flexibility index (Phi) is 41.6. The molecule has 0 heterocycles. The maximum atomic E-state index is 11.9. The van der Waals surface area contributed by atoms with Crippen molar-refractivity contribution in [2.45, 2.75) is 310 Å². The first-order valence-electron chi connectivity index (χ1n) is 25.3. The predicted molar refractivity (Wildman–Crippen MR) is 241 cm³/mol. The van der Waals surface area contributed by atoms with Gasteiger partial charge in [-0.3, -0.25) is 9.78 Å². The molecule has 0 atom stereocenters. The highest BCUT2D eigenvalue weighted by molar-refractivity contribution is 6.29. The van der Waals surface area contributed by atoms with E-state index in [4.69, 9.17) is 9.78 Å². The van der Waals surface area contributed by atoms with Crippen LogP contribution in [0.1, 0.15) is 298 Å². The first kappa shape index (κ1) is 56.8. The molecule has 0 aromatic carbocycles. The summed E-state index contributed by atoms with van der Waals surface area (Å²) in [4.78, 5) is 43.3. The fourth-order valence-electron chi connectivity index (χ4n) is 7.69. The normalized spacial score (nSPS) is 12.0. The van der Waals surface area contributed by atoms with Crippen molar-refractivity contribution in [2.75, 3.05) is 0 Å². The van der Waals surface area contributed by atoms with E-state index in [9.17, 15) is 9.59 Å². The fourth-order valence-corrected chi connectivity index (χ4v) is 7.69. The molecule has 0 bridgehead atoms. The van der Waals surface area contributed by atoms with Crippen molar-refractivity contribution in [2.24, 2.45) is 0 Å². The lowest BCUT2D eigenvalue weighted by molar-refractivity contribution is -0.526. The standard InChI is InChI=1S/C50H98O8/c1-7-9-11-13-15-17-19-21-23-25-27-29-31-33-35-37-39-41-43-45-49(3,4)55-57-53-47(51)48(52)54-58-56-50(5,6)46-44-42-40-38-36-34-32-30-28-26-24-22-20-18-16-14-12-10-8-2/h7-46H2,1-6H3. The highest BCUT2D eigenvalue weighted by Crippen LogP contribution is 2.22. The monoisotopic (exact) mass is 827 g/mol. The third-order valence-electron chi connectivity index (χ3n) is 11.7. The summed E-state index contributed by atoms with van der Waals surface area (Å²) in [6.07, 6.45) is 52.4. The van der Waals surface area contributed by atoms with Crippen molar-refractivity contribution >= 4 is 11.9 Å². The van der Waals surface area contributed by atoms with Gasteiger partial charge in [0.15, 0.2) is 0 Å². The van der Waals surface area contributed by atoms with E-state index in [1.807, 2.05) is 27.7 Å². The van der Waals surface area contributed by atoms with E-state index < -0.39 is 23.1 Å². The van der Waals surface area contributed by atoms with Gasteiger partial charge in [0.2, 0.25) is 0 Å². The Bertz CT molecular complexity index is 806. The Morgan fingerprint density at radius 1 is 0.293 bits per heavy atom. The van der Waals surface area contributed by atoms with Crippen LogP contribution in [0.4, 0.5) is 0 Å². The number of hydrogen-bond donors (Lipinski definition) is 0. The molecule has 0 saturated heterocycles. The summed E-state index contributed by atoms with van der Waals surface area (Å²) in [5.74, 6) is -2.78. The molecule has 0 saturated carbocycles. The minimum Gasteiger partial charge on any atom is -0.255 e. The van der Waals surface area contributed by atoms with Gasteiger partial charge >= 0.3 is 11.9 Å². The molecular formula is C50H98O8. The summed E-state index contributed by atoms with van der Waals surface area (Å²) in [6.45, 7) is 12.0. The van der Waals surface area contributed by atoms with Crippen LogP contribution >= 0.6 is 0 Å². The quantitative estimate of drug-likeness (QED) is 0.0259. The van der Waals surface area contributed by atoms with Gasteiger partial charge in [0.05, 0.1) is 0 Å². The second kappa shape index (κ2) is 42.5. The van der Waals surface area contributed by atoms with Crippen LogP contribution in [0, 0.1) is 0 Å². The molecule has 0 fully saturated rings. The van der Waals surface area contributed by atoms with E-state index in [0.717, 1.165) is 38.5 Å². The Labute approximate surface area is 359 Å². The smallest absolute Gasteiger partial charge is 0.255 e. The van der Waals surface area contributed by atoms with Crippen LogP contribution in [0.5, 0.6) is 0 Å². The molecule has 0 amide bonds. The zero-order chi connectivity index (χ0) is 42.7. The Morgan fingerprint density at radius 2 is 0.466 bits per heavy atom. The molecule has 0 aromatic rings. The number of unbranched alkanes of at least 4 members (excludes halogenated alkanes) is 36. The molecule has 8 nitrogen and oxygen atoms in total. The van der Waals surface area contributed by atoms with Crippen molar-refractivity contribution in [3.63, 3.8) is 0 Å². The summed E-state index contributed by atoms with van der Waals surface area (Å²) in [5.41, 5.74) is -1.34. The third-order valence-corrected chi connectivity index (χ3v) is 11.7. The van der Waals surface area contributed by atoms with E-state index in [2.05, 4.69) is 33.7 Å². The SMILES string of the molecule is CCCCCCCCCCCCCCCCCCCCCC(C)(C)OOOC(=O)C(=O)OOOC(C)(C)CCCCCCCCCCCCCCCCCCCCC. The lowest BCUT2D eigenvalue weighted by Crippen LogP contribution is -2.29. The largest absolute Gasteiger partial charge is 0.456 e. The summed E-state index contributed by atoms with van der Waals surface area (Å²) in [7, 11) is 0. The van der Waals surface area contributed by atoms with E-state index in [-0.39, 0.29) is 0 Å². The van der Waals surface area contributed by atoms with Gasteiger partial charge in [0, 0.05) is 0 Å². The number of hydrogen-bond acceptors (Lipinski definition) is 8. The Morgan fingerprint density at radius 3 is 0.655 bits per heavy atom. The highest BCUT2D eigenvalue weighted by atomic mass is 17.5. The van der Waals surface area contributed by atoms with Gasteiger partial charge in [0.25, 0.3) is 0 Å². The van der Waals surface area contributed by atoms with Crippen LogP contribution in [0.2, 0.25) is 0 Å². The maximum Gasteiger partial charge on any atom is 0.456 e. The molecule has 0 rings (SSSR count). The van der Waals surface area contributed by atoms with E-state index in [1.165, 1.54) is 218 Å². The average molecular weight is 827 g/mol. The minimum absolute atomic E-state index is 0.672. The van der Waals surface area contributed by atoms with Gasteiger partial charge in [-0.15, -0.1) is 0 Å². The Hall–Kier alpha value is -1.22. The van der Waals surface area contributed by atoms with Crippen molar-refractivity contribution in [3.05, 3.63) is 0 Å². The number of rotatable bonds is 46. The predicted octanol–water partition coefficient (Wildman–Crippen LogP) is 17.0. The molecule has 0 aliphatic carbocycles. The fraction of sp³-hybridized carbons (Fsp3) is 0.960. The lowest BCUT2D eigenvalue weighted by atomic mass is 9.99. The first-order chi connectivity index (χ1) is 28.1. The molecule has 0 aromatic heterocycles. The number of carbonyl (C=O) groups is 2. The lowest BCUT2D eigenvalue weighted by Gasteiger charge is -2.22. The van der Waals surface area contributed by atoms with Gasteiger partial charge in [-0.05, 0) is 50.6 Å². The third kappa shape index (κ3) is 42.9. The highest BCUT2D eigenvalue weighted by Gasteiger charge is 2.27. The molecule has 0 spiro atoms. The van der Waals surface area contributed by atoms with Gasteiger partial charge in [0.1, 0.15) is 11.2 Å². The van der Waals surface area contributed by atoms with Gasteiger partial charge in [-0.1, -0.05) is 258 Å². The first-order valence-corrected chi connectivity index (χ1v) is 25.3. The van der Waals surface area contributed by atoms with Crippen LogP contribution in [-0.4, -0.2) is 23.1 Å². The molecule has 0 unspecified atom stereocenters. The zero-order valence-corrected chi connectivity index (χ0v) is 39.6. The maximum absolute atomic E-state index is 11.9. The van der Waals surface area contributed by atoms with E-state index in [1.54, 1.807) is 0 Å². The minimum atomic E-state index is -1.39. The molecule has 8 heteroatoms. The topological polar surface area (TPSA) is 89.5 Å². The van der Waals surface area contributed by atoms with Gasteiger partial charge in [-0.25, -0.2) is 9.59 Å². The van der Waals surface area contributed by atoms with Crippen LogP contribution in [-0.2, 0) is 39.2 Å². The van der Waals surface area contributed by atoms with E-state index >= 15 is 0 Å². The van der Waals surface area contributed by atoms with Gasteiger partial charge in [-0.2, -0.15) is 9.78 Å². The molecule has 58 heavy (non-hydrogen) atoms. The Balaban J connectivity index is 3.61. The number of carbonyl (C=O) groups excluding carboxylic acids is 2. The molecule has 346 valence electrons. The van der Waals surface area contributed by atoms with Crippen LogP contribution in [0.25, 0.3) is 0 Å².